The fraction of sp³-hybridized carbons (Fsp3) is 0.500. The molecule has 1 aromatic rings. The summed E-state index contributed by atoms with van der Waals surface area (Å²) in [5, 5.41) is 0. The molecule has 0 spiro atoms. The summed E-state index contributed by atoms with van der Waals surface area (Å²) in [4.78, 5) is 2.41. The second kappa shape index (κ2) is 4.01. The van der Waals surface area contributed by atoms with Gasteiger partial charge in [-0.2, -0.15) is 0 Å². The van der Waals surface area contributed by atoms with Crippen molar-refractivity contribution in [3.63, 3.8) is 0 Å². The molecule has 1 aliphatic rings. The minimum absolute atomic E-state index is 0.361. The molecule has 0 radical (unpaired) electrons. The summed E-state index contributed by atoms with van der Waals surface area (Å²) in [5.41, 5.74) is 8.72. The molecule has 1 aromatic carbocycles. The Morgan fingerprint density at radius 2 is 2.21 bits per heavy atom. The molecule has 1 aliphatic heterocycles. The van der Waals surface area contributed by atoms with Gasteiger partial charge in [-0.1, -0.05) is 25.1 Å². The van der Waals surface area contributed by atoms with E-state index < -0.39 is 0 Å². The van der Waals surface area contributed by atoms with Crippen LogP contribution in [-0.4, -0.2) is 19.1 Å². The maximum absolute atomic E-state index is 5.91. The molecule has 2 heteroatoms. The van der Waals surface area contributed by atoms with Gasteiger partial charge < -0.3 is 10.6 Å². The molecule has 1 saturated heterocycles. The van der Waals surface area contributed by atoms with E-state index in [1.807, 2.05) is 0 Å². The molecule has 1 heterocycles. The highest BCUT2D eigenvalue weighted by atomic mass is 15.2. The minimum atomic E-state index is 0.361. The lowest BCUT2D eigenvalue weighted by Gasteiger charge is -2.21. The molecule has 14 heavy (non-hydrogen) atoms. The molecular formula is C12H18N2. The first-order chi connectivity index (χ1) is 6.81. The third-order valence-corrected chi connectivity index (χ3v) is 2.94. The highest BCUT2D eigenvalue weighted by molar-refractivity contribution is 5.54. The van der Waals surface area contributed by atoms with E-state index in [1.165, 1.54) is 11.3 Å². The van der Waals surface area contributed by atoms with Crippen LogP contribution < -0.4 is 10.6 Å². The normalized spacial score (nSPS) is 21.6. The number of benzene rings is 1. The smallest absolute Gasteiger partial charge is 0.0399 e. The number of hydrogen-bond donors (Lipinski definition) is 1. The second-order valence-electron chi connectivity index (χ2n) is 3.98. The molecule has 2 nitrogen and oxygen atoms in total. The predicted molar refractivity (Wildman–Crippen MR) is 60.6 cm³/mol. The zero-order valence-electron chi connectivity index (χ0n) is 8.74. The Bertz CT molecular complexity index is 309. The zero-order valence-corrected chi connectivity index (χ0v) is 8.74. The van der Waals surface area contributed by atoms with Crippen molar-refractivity contribution in [1.82, 2.24) is 0 Å². The fourth-order valence-electron chi connectivity index (χ4n) is 2.12. The minimum Gasteiger partial charge on any atom is -0.370 e. The molecule has 0 bridgehead atoms. The number of rotatable bonds is 2. The topological polar surface area (TPSA) is 29.3 Å². The van der Waals surface area contributed by atoms with Gasteiger partial charge >= 0.3 is 0 Å². The summed E-state index contributed by atoms with van der Waals surface area (Å²) in [7, 11) is 0. The lowest BCUT2D eigenvalue weighted by Crippen LogP contribution is -2.26. The third-order valence-electron chi connectivity index (χ3n) is 2.94. The van der Waals surface area contributed by atoms with Crippen LogP contribution in [-0.2, 0) is 6.42 Å². The summed E-state index contributed by atoms with van der Waals surface area (Å²) in [6.07, 6.45) is 2.22. The van der Waals surface area contributed by atoms with E-state index in [0.717, 1.165) is 25.9 Å². The standard InChI is InChI=1S/C12H18N2/c1-2-10-5-3-4-6-12(10)14-8-7-11(13)9-14/h3-6,11H,2,7-9,13H2,1H3. The van der Waals surface area contributed by atoms with Crippen molar-refractivity contribution in [2.24, 2.45) is 5.73 Å². The third kappa shape index (κ3) is 1.75. The van der Waals surface area contributed by atoms with Gasteiger partial charge in [-0.25, -0.2) is 0 Å². The van der Waals surface area contributed by atoms with Crippen LogP contribution in [0, 0.1) is 0 Å². The summed E-state index contributed by atoms with van der Waals surface area (Å²) in [6, 6.07) is 8.99. The Morgan fingerprint density at radius 1 is 1.43 bits per heavy atom. The maximum atomic E-state index is 5.91. The lowest BCUT2D eigenvalue weighted by atomic mass is 10.1. The van der Waals surface area contributed by atoms with E-state index in [-0.39, 0.29) is 0 Å². The van der Waals surface area contributed by atoms with Crippen LogP contribution in [0.3, 0.4) is 0 Å². The van der Waals surface area contributed by atoms with E-state index >= 15 is 0 Å². The quantitative estimate of drug-likeness (QED) is 0.770. The monoisotopic (exact) mass is 190 g/mol. The largest absolute Gasteiger partial charge is 0.370 e. The number of para-hydroxylation sites is 1. The van der Waals surface area contributed by atoms with Crippen LogP contribution >= 0.6 is 0 Å². The Morgan fingerprint density at radius 3 is 2.86 bits per heavy atom. The average Bonchev–Trinajstić information content (AvgIpc) is 2.65. The molecular weight excluding hydrogens is 172 g/mol. The van der Waals surface area contributed by atoms with Crippen LogP contribution in [0.1, 0.15) is 18.9 Å². The van der Waals surface area contributed by atoms with E-state index in [1.54, 1.807) is 0 Å². The van der Waals surface area contributed by atoms with E-state index in [9.17, 15) is 0 Å². The van der Waals surface area contributed by atoms with Gasteiger partial charge in [0, 0.05) is 24.8 Å². The first-order valence-corrected chi connectivity index (χ1v) is 5.39. The van der Waals surface area contributed by atoms with Crippen LogP contribution in [0.4, 0.5) is 5.69 Å². The van der Waals surface area contributed by atoms with Gasteiger partial charge in [0.2, 0.25) is 0 Å². The number of anilines is 1. The van der Waals surface area contributed by atoms with E-state index in [4.69, 9.17) is 5.73 Å². The van der Waals surface area contributed by atoms with Crippen molar-refractivity contribution in [1.29, 1.82) is 0 Å². The van der Waals surface area contributed by atoms with Gasteiger partial charge in [0.15, 0.2) is 0 Å². The first-order valence-electron chi connectivity index (χ1n) is 5.39. The van der Waals surface area contributed by atoms with E-state index in [0.29, 0.717) is 6.04 Å². The molecule has 1 unspecified atom stereocenters. The molecule has 2 N–H and O–H groups in total. The Labute approximate surface area is 85.7 Å². The fourth-order valence-corrected chi connectivity index (χ4v) is 2.12. The maximum Gasteiger partial charge on any atom is 0.0399 e. The summed E-state index contributed by atoms with van der Waals surface area (Å²) < 4.78 is 0. The number of nitrogens with two attached hydrogens (primary N) is 1. The molecule has 0 aliphatic carbocycles. The van der Waals surface area contributed by atoms with Gasteiger partial charge in [-0.3, -0.25) is 0 Å². The summed E-state index contributed by atoms with van der Waals surface area (Å²) in [6.45, 7) is 4.32. The predicted octanol–water partition coefficient (Wildman–Crippen LogP) is 1.79. The molecule has 0 saturated carbocycles. The number of nitrogens with zero attached hydrogens (tertiary/aromatic N) is 1. The summed E-state index contributed by atoms with van der Waals surface area (Å²) >= 11 is 0. The van der Waals surface area contributed by atoms with Crippen molar-refractivity contribution in [3.8, 4) is 0 Å². The lowest BCUT2D eigenvalue weighted by molar-refractivity contribution is 0.752. The van der Waals surface area contributed by atoms with Crippen molar-refractivity contribution >= 4 is 5.69 Å². The van der Waals surface area contributed by atoms with Crippen LogP contribution in [0.5, 0.6) is 0 Å². The Hall–Kier alpha value is -1.02. The molecule has 0 amide bonds. The average molecular weight is 190 g/mol. The van der Waals surface area contributed by atoms with Crippen molar-refractivity contribution < 1.29 is 0 Å². The SMILES string of the molecule is CCc1ccccc1N1CCC(N)C1. The molecule has 1 fully saturated rings. The molecule has 76 valence electrons. The van der Waals surface area contributed by atoms with Crippen LogP contribution in [0.2, 0.25) is 0 Å². The highest BCUT2D eigenvalue weighted by Gasteiger charge is 2.20. The van der Waals surface area contributed by atoms with Crippen molar-refractivity contribution in [3.05, 3.63) is 29.8 Å². The number of hydrogen-bond acceptors (Lipinski definition) is 2. The van der Waals surface area contributed by atoms with Crippen LogP contribution in [0.15, 0.2) is 24.3 Å². The van der Waals surface area contributed by atoms with Gasteiger partial charge in [0.05, 0.1) is 0 Å². The Kier molecular flexibility index (Phi) is 2.73. The Balaban J connectivity index is 2.22. The molecule has 1 atom stereocenters. The summed E-state index contributed by atoms with van der Waals surface area (Å²) in [5.74, 6) is 0. The molecule has 0 aromatic heterocycles. The van der Waals surface area contributed by atoms with Crippen LogP contribution in [0.25, 0.3) is 0 Å². The second-order valence-corrected chi connectivity index (χ2v) is 3.98. The zero-order chi connectivity index (χ0) is 9.97. The van der Waals surface area contributed by atoms with Gasteiger partial charge in [-0.15, -0.1) is 0 Å². The first kappa shape index (κ1) is 9.53. The van der Waals surface area contributed by atoms with Gasteiger partial charge in [-0.05, 0) is 24.5 Å². The molecule has 2 rings (SSSR count). The van der Waals surface area contributed by atoms with Gasteiger partial charge in [0.1, 0.15) is 0 Å². The van der Waals surface area contributed by atoms with Gasteiger partial charge in [0.25, 0.3) is 0 Å². The van der Waals surface area contributed by atoms with E-state index in [2.05, 4.69) is 36.1 Å². The number of aryl methyl sites for hydroxylation is 1. The van der Waals surface area contributed by atoms with Crippen molar-refractivity contribution in [2.75, 3.05) is 18.0 Å². The highest BCUT2D eigenvalue weighted by Crippen LogP contribution is 2.24. The van der Waals surface area contributed by atoms with Crippen molar-refractivity contribution in [2.45, 2.75) is 25.8 Å².